The van der Waals surface area contributed by atoms with Crippen LogP contribution in [0, 0.1) is 38.0 Å². The van der Waals surface area contributed by atoms with E-state index in [9.17, 15) is 43.2 Å². The van der Waals surface area contributed by atoms with Crippen molar-refractivity contribution in [3.05, 3.63) is 65.2 Å². The topological polar surface area (TPSA) is 247 Å². The average Bonchev–Trinajstić information content (AvgIpc) is 3.51. The first-order chi connectivity index (χ1) is 20.6. The molecule has 2 aromatic heterocycles. The van der Waals surface area contributed by atoms with E-state index >= 15 is 0 Å². The predicted octanol–water partition coefficient (Wildman–Crippen LogP) is -1.03. The maximum atomic E-state index is 12.9. The van der Waals surface area contributed by atoms with Gasteiger partial charge in [0.25, 0.3) is 26.8 Å². The van der Waals surface area contributed by atoms with Crippen LogP contribution >= 0.6 is 15.6 Å². The van der Waals surface area contributed by atoms with E-state index in [1.54, 1.807) is 0 Å². The minimum atomic E-state index is -5.09. The molecule has 2 aromatic rings. The van der Waals surface area contributed by atoms with Crippen molar-refractivity contribution in [1.29, 1.82) is 0 Å². The van der Waals surface area contributed by atoms with Gasteiger partial charge in [-0.15, -0.1) is 6.42 Å². The first-order valence-corrected chi connectivity index (χ1v) is 16.5. The Morgan fingerprint density at radius 3 is 1.93 bits per heavy atom. The summed E-state index contributed by atoms with van der Waals surface area (Å²) < 4.78 is 47.3. The Labute approximate surface area is 250 Å². The highest BCUT2D eigenvalue weighted by atomic mass is 31.2. The van der Waals surface area contributed by atoms with E-state index in [1.807, 2.05) is 5.92 Å². The van der Waals surface area contributed by atoms with Crippen LogP contribution in [0.2, 0.25) is 0 Å². The van der Waals surface area contributed by atoms with Crippen LogP contribution in [0.25, 0.3) is 0 Å². The van der Waals surface area contributed by atoms with Gasteiger partial charge in [-0.25, -0.2) is 9.59 Å². The molecule has 4 unspecified atom stereocenters. The number of phosphoric ester groups is 2. The van der Waals surface area contributed by atoms with E-state index in [2.05, 4.69) is 14.5 Å². The summed E-state index contributed by atoms with van der Waals surface area (Å²) in [5.74, 6) is 0.390. The zero-order chi connectivity index (χ0) is 32.4. The van der Waals surface area contributed by atoms with Gasteiger partial charge in [-0.2, -0.15) is 0 Å². The number of rotatable bonds is 12. The lowest BCUT2D eigenvalue weighted by Crippen LogP contribution is -2.32. The molecule has 2 aliphatic rings. The second kappa shape index (κ2) is 13.6. The van der Waals surface area contributed by atoms with Crippen LogP contribution in [-0.2, 0) is 27.2 Å². The van der Waals surface area contributed by atoms with Crippen molar-refractivity contribution in [2.45, 2.75) is 63.8 Å². The molecule has 2 heterocycles. The molecule has 0 aliphatic heterocycles. The van der Waals surface area contributed by atoms with Crippen LogP contribution in [0.1, 0.15) is 48.9 Å². The first kappa shape index (κ1) is 34.0. The lowest BCUT2D eigenvalue weighted by atomic mass is 10.1. The summed E-state index contributed by atoms with van der Waals surface area (Å²) in [5, 5.41) is 10.5. The zero-order valence-electron chi connectivity index (χ0n) is 23.8. The molecule has 4 rings (SSSR count). The van der Waals surface area contributed by atoms with E-state index in [1.165, 1.54) is 35.4 Å². The number of nitrogens with zero attached hydrogens (tertiary/aromatic N) is 2. The molecule has 242 valence electrons. The third kappa shape index (κ3) is 8.22. The first-order valence-electron chi connectivity index (χ1n) is 13.6. The number of aliphatic hydroxyl groups is 1. The molecule has 2 fully saturated rings. The molecule has 2 aliphatic carbocycles. The van der Waals surface area contributed by atoms with Crippen molar-refractivity contribution in [3.63, 3.8) is 0 Å². The highest BCUT2D eigenvalue weighted by Crippen LogP contribution is 2.49. The number of phosphoric acid groups is 2. The molecule has 0 amide bonds. The van der Waals surface area contributed by atoms with Gasteiger partial charge in [0.05, 0.1) is 25.4 Å². The van der Waals surface area contributed by atoms with Gasteiger partial charge < -0.3 is 33.0 Å². The quantitative estimate of drug-likeness (QED) is 0.183. The second-order valence-corrected chi connectivity index (χ2v) is 13.7. The molecule has 0 aromatic carbocycles. The van der Waals surface area contributed by atoms with Gasteiger partial charge in [-0.3, -0.25) is 37.8 Å². The van der Waals surface area contributed by atoms with E-state index in [0.717, 1.165) is 0 Å². The summed E-state index contributed by atoms with van der Waals surface area (Å²) in [7, 11) is -9.93. The molecule has 44 heavy (non-hydrogen) atoms. The molecular weight excluding hydrogens is 626 g/mol. The summed E-state index contributed by atoms with van der Waals surface area (Å²) in [5.41, 5.74) is -2.03. The smallest absolute Gasteiger partial charge is 0.328 e. The van der Waals surface area contributed by atoms with Gasteiger partial charge in [0.15, 0.2) is 0 Å². The van der Waals surface area contributed by atoms with Crippen LogP contribution in [-0.4, -0.2) is 56.2 Å². The Balaban J connectivity index is 1.45. The Kier molecular flexibility index (Phi) is 10.5. The summed E-state index contributed by atoms with van der Waals surface area (Å²) in [6.45, 7) is 1.37. The highest BCUT2D eigenvalue weighted by Gasteiger charge is 2.40. The maximum absolute atomic E-state index is 12.9. The Bertz CT molecular complexity index is 1740. The third-order valence-corrected chi connectivity index (χ3v) is 9.68. The predicted molar refractivity (Wildman–Crippen MR) is 148 cm³/mol. The van der Waals surface area contributed by atoms with E-state index < -0.39 is 94.1 Å². The Hall–Kier alpha value is -2.90. The molecule has 19 heteroatoms. The minimum absolute atomic E-state index is 0.0293. The van der Waals surface area contributed by atoms with Gasteiger partial charge in [0.1, 0.15) is 6.61 Å². The molecule has 0 bridgehead atoms. The Morgan fingerprint density at radius 1 is 0.864 bits per heavy atom. The van der Waals surface area contributed by atoms with E-state index in [4.69, 9.17) is 20.0 Å². The molecular formula is C25H32N4O13P2-2. The number of hydrogen-bond acceptors (Lipinski definition) is 13. The normalized spacial score (nSPS) is 27.9. The largest absolute Gasteiger partial charge is 0.756 e. The monoisotopic (exact) mass is 658 g/mol. The number of hydrogen-bond donors (Lipinski definition) is 3. The molecule has 8 atom stereocenters. The van der Waals surface area contributed by atoms with Crippen LogP contribution in [0.3, 0.4) is 0 Å². The van der Waals surface area contributed by atoms with E-state index in [-0.39, 0.29) is 31.2 Å². The molecule has 0 spiro atoms. The number of terminal acetylenes is 1. The van der Waals surface area contributed by atoms with Gasteiger partial charge in [0, 0.05) is 47.4 Å². The van der Waals surface area contributed by atoms with Crippen molar-refractivity contribution in [2.75, 3.05) is 19.8 Å². The maximum Gasteiger partial charge on any atom is 0.328 e. The summed E-state index contributed by atoms with van der Waals surface area (Å²) >= 11 is 0. The van der Waals surface area contributed by atoms with E-state index in [0.29, 0.717) is 5.56 Å². The summed E-state index contributed by atoms with van der Waals surface area (Å²) in [6.07, 6.45) is 5.66. The van der Waals surface area contributed by atoms with Crippen molar-refractivity contribution >= 4 is 15.6 Å². The molecule has 0 saturated heterocycles. The van der Waals surface area contributed by atoms with Crippen LogP contribution in [0.15, 0.2) is 31.6 Å². The number of H-pyrrole nitrogens is 2. The molecule has 3 N–H and O–H groups in total. The van der Waals surface area contributed by atoms with Gasteiger partial charge >= 0.3 is 11.4 Å². The third-order valence-electron chi connectivity index (χ3n) is 7.78. The number of aliphatic hydroxyl groups excluding tert-OH is 1. The minimum Gasteiger partial charge on any atom is -0.756 e. The lowest BCUT2D eigenvalue weighted by molar-refractivity contribution is -0.233. The number of nitrogens with one attached hydrogen (secondary N) is 2. The van der Waals surface area contributed by atoms with Crippen LogP contribution in [0.5, 0.6) is 0 Å². The summed E-state index contributed by atoms with van der Waals surface area (Å²) in [4.78, 5) is 77.6. The highest BCUT2D eigenvalue weighted by molar-refractivity contribution is 7.46. The number of aryl methyl sites for hydroxylation is 2. The lowest BCUT2D eigenvalue weighted by Gasteiger charge is -2.31. The molecule has 2 saturated carbocycles. The van der Waals surface area contributed by atoms with Crippen LogP contribution < -0.4 is 32.3 Å². The molecule has 0 radical (unpaired) electrons. The number of aromatic nitrogens is 4. The SMILES string of the molecule is C#CCOP(=O)([O-])OC[C@H]1C[C@@H](n2cc(C)c(=O)[nH]c2=O)CC1OP(=O)([O-])OC[C@H]1C[C@@H](n2cc(C)c(=O)[nH]c2=O)CC1O. The fourth-order valence-corrected chi connectivity index (χ4v) is 7.21. The Morgan fingerprint density at radius 2 is 1.36 bits per heavy atom. The van der Waals surface area contributed by atoms with Crippen molar-refractivity contribution in [2.24, 2.45) is 11.8 Å². The standard InChI is InChI=1S/C25H34N4O13P2/c1-4-5-39-43(35,36)40-13-17-7-19(29-11-15(3)23(32)27-25(29)34)9-21(17)42-44(37,38)41-12-16-6-18(8-20(16)30)28-10-14(2)22(31)26-24(28)33/h1,10-11,16-21,30H,5-9,12-13H2,2-3H3,(H,35,36)(H,37,38)(H,26,31,33)(H,27,32,34)/p-2/t16-,17-,18-,19-,20?,21?/m1/s1. The van der Waals surface area contributed by atoms with Crippen molar-refractivity contribution < 1.29 is 42.1 Å². The second-order valence-electron chi connectivity index (χ2n) is 10.9. The van der Waals surface area contributed by atoms with Crippen molar-refractivity contribution in [3.8, 4) is 12.3 Å². The van der Waals surface area contributed by atoms with Crippen molar-refractivity contribution in [1.82, 2.24) is 19.1 Å². The number of aromatic amines is 2. The fourth-order valence-electron chi connectivity index (χ4n) is 5.51. The molecule has 17 nitrogen and oxygen atoms in total. The van der Waals surface area contributed by atoms with Gasteiger partial charge in [0.2, 0.25) is 0 Å². The van der Waals surface area contributed by atoms with Gasteiger partial charge in [-0.1, -0.05) is 5.92 Å². The summed E-state index contributed by atoms with van der Waals surface area (Å²) in [6, 6.07) is -1.23. The average molecular weight is 658 g/mol. The zero-order valence-corrected chi connectivity index (χ0v) is 25.6. The van der Waals surface area contributed by atoms with Crippen LogP contribution in [0.4, 0.5) is 0 Å². The van der Waals surface area contributed by atoms with Gasteiger partial charge in [-0.05, 0) is 39.5 Å². The fraction of sp³-hybridized carbons (Fsp3) is 0.600.